The van der Waals surface area contributed by atoms with Gasteiger partial charge in [0.05, 0.1) is 5.54 Å². The van der Waals surface area contributed by atoms with E-state index in [0.717, 1.165) is 0 Å². The summed E-state index contributed by atoms with van der Waals surface area (Å²) in [6.07, 6.45) is 1.55. The lowest BCUT2D eigenvalue weighted by molar-refractivity contribution is -0.121. The van der Waals surface area contributed by atoms with Crippen LogP contribution in [-0.2, 0) is 4.79 Å². The van der Waals surface area contributed by atoms with E-state index in [9.17, 15) is 4.79 Å². The molecule has 0 saturated heterocycles. The molecule has 1 aromatic heterocycles. The highest BCUT2D eigenvalue weighted by atomic mass is 35.5. The number of pyridine rings is 1. The summed E-state index contributed by atoms with van der Waals surface area (Å²) in [5, 5.41) is 6.02. The average molecular weight is 228 g/mol. The smallest absolute Gasteiger partial charge is 0.244 e. The predicted octanol–water partition coefficient (Wildman–Crippen LogP) is 1.67. The van der Waals surface area contributed by atoms with E-state index in [0.29, 0.717) is 10.8 Å². The van der Waals surface area contributed by atoms with Crippen molar-refractivity contribution in [2.75, 3.05) is 12.4 Å². The number of aromatic nitrogens is 1. The Morgan fingerprint density at radius 3 is 2.73 bits per heavy atom. The van der Waals surface area contributed by atoms with Gasteiger partial charge in [-0.25, -0.2) is 4.98 Å². The van der Waals surface area contributed by atoms with E-state index in [1.807, 2.05) is 0 Å². The van der Waals surface area contributed by atoms with Gasteiger partial charge in [0.25, 0.3) is 0 Å². The topological polar surface area (TPSA) is 54.0 Å². The van der Waals surface area contributed by atoms with E-state index in [2.05, 4.69) is 15.6 Å². The number of hydrogen-bond donors (Lipinski definition) is 2. The Bertz CT molecular complexity index is 365. The SMILES string of the molecule is CNC(C)(C)C(=O)Nc1ccnc(Cl)c1. The van der Waals surface area contributed by atoms with Crippen molar-refractivity contribution in [1.29, 1.82) is 0 Å². The summed E-state index contributed by atoms with van der Waals surface area (Å²) in [6.45, 7) is 3.59. The molecule has 0 unspecified atom stereocenters. The van der Waals surface area contributed by atoms with Crippen molar-refractivity contribution >= 4 is 23.2 Å². The van der Waals surface area contributed by atoms with Crippen LogP contribution in [0.2, 0.25) is 5.15 Å². The van der Waals surface area contributed by atoms with Gasteiger partial charge in [0, 0.05) is 11.9 Å². The fourth-order valence-corrected chi connectivity index (χ4v) is 1.05. The van der Waals surface area contributed by atoms with Crippen LogP contribution < -0.4 is 10.6 Å². The number of halogens is 1. The molecule has 82 valence electrons. The Morgan fingerprint density at radius 2 is 2.20 bits per heavy atom. The molecule has 1 heterocycles. The van der Waals surface area contributed by atoms with E-state index < -0.39 is 5.54 Å². The number of nitrogens with zero attached hydrogens (tertiary/aromatic N) is 1. The quantitative estimate of drug-likeness (QED) is 0.773. The standard InChI is InChI=1S/C10H14ClN3O/c1-10(2,12-3)9(15)14-7-4-5-13-8(11)6-7/h4-6,12H,1-3H3,(H,13,14,15). The van der Waals surface area contributed by atoms with E-state index in [1.165, 1.54) is 0 Å². The maximum absolute atomic E-state index is 11.7. The normalized spacial score (nSPS) is 11.2. The second kappa shape index (κ2) is 4.59. The second-order valence-corrected chi connectivity index (χ2v) is 4.08. The zero-order valence-electron chi connectivity index (χ0n) is 8.97. The molecule has 0 aromatic carbocycles. The minimum Gasteiger partial charge on any atom is -0.324 e. The fraction of sp³-hybridized carbons (Fsp3) is 0.400. The first-order chi connectivity index (χ1) is 6.95. The first kappa shape index (κ1) is 11.9. The van der Waals surface area contributed by atoms with Crippen LogP contribution >= 0.6 is 11.6 Å². The third kappa shape index (κ3) is 3.18. The lowest BCUT2D eigenvalue weighted by Gasteiger charge is -2.22. The van der Waals surface area contributed by atoms with Gasteiger partial charge in [-0.1, -0.05) is 11.6 Å². The van der Waals surface area contributed by atoms with Crippen molar-refractivity contribution in [3.05, 3.63) is 23.5 Å². The largest absolute Gasteiger partial charge is 0.324 e. The molecule has 0 aliphatic carbocycles. The molecule has 1 aromatic rings. The van der Waals surface area contributed by atoms with Gasteiger partial charge in [0.15, 0.2) is 0 Å². The maximum Gasteiger partial charge on any atom is 0.244 e. The minimum absolute atomic E-state index is 0.118. The van der Waals surface area contributed by atoms with Crippen molar-refractivity contribution in [2.45, 2.75) is 19.4 Å². The summed E-state index contributed by atoms with van der Waals surface area (Å²) >= 11 is 5.70. The molecule has 5 heteroatoms. The van der Waals surface area contributed by atoms with Crippen LogP contribution in [0.25, 0.3) is 0 Å². The van der Waals surface area contributed by atoms with Crippen molar-refractivity contribution in [2.24, 2.45) is 0 Å². The van der Waals surface area contributed by atoms with Gasteiger partial charge in [0.1, 0.15) is 5.15 Å². The number of anilines is 1. The number of amides is 1. The second-order valence-electron chi connectivity index (χ2n) is 3.70. The molecule has 0 fully saturated rings. The predicted molar refractivity (Wildman–Crippen MR) is 61.0 cm³/mol. The van der Waals surface area contributed by atoms with Crippen LogP contribution in [0.15, 0.2) is 18.3 Å². The Kier molecular flexibility index (Phi) is 3.66. The fourth-order valence-electron chi connectivity index (χ4n) is 0.881. The number of nitrogens with one attached hydrogen (secondary N) is 2. The average Bonchev–Trinajstić information content (AvgIpc) is 2.17. The summed E-state index contributed by atoms with van der Waals surface area (Å²) in [6, 6.07) is 3.29. The number of rotatable bonds is 3. The minimum atomic E-state index is -0.615. The summed E-state index contributed by atoms with van der Waals surface area (Å²) in [5.74, 6) is -0.118. The van der Waals surface area contributed by atoms with Crippen molar-refractivity contribution in [3.63, 3.8) is 0 Å². The summed E-state index contributed by atoms with van der Waals surface area (Å²) in [4.78, 5) is 15.6. The van der Waals surface area contributed by atoms with Gasteiger partial charge >= 0.3 is 0 Å². The first-order valence-electron chi connectivity index (χ1n) is 4.57. The Hall–Kier alpha value is -1.13. The Morgan fingerprint density at radius 1 is 1.53 bits per heavy atom. The number of carbonyl (C=O) groups excluding carboxylic acids is 1. The van der Waals surface area contributed by atoms with Crippen molar-refractivity contribution in [3.8, 4) is 0 Å². The molecule has 2 N–H and O–H groups in total. The molecule has 0 radical (unpaired) electrons. The first-order valence-corrected chi connectivity index (χ1v) is 4.95. The third-order valence-corrected chi connectivity index (χ3v) is 2.38. The lowest BCUT2D eigenvalue weighted by Crippen LogP contribution is -2.47. The van der Waals surface area contributed by atoms with Crippen LogP contribution in [0, 0.1) is 0 Å². The molecule has 4 nitrogen and oxygen atoms in total. The summed E-state index contributed by atoms with van der Waals surface area (Å²) < 4.78 is 0. The van der Waals surface area contributed by atoms with E-state index in [4.69, 9.17) is 11.6 Å². The summed E-state index contributed by atoms with van der Waals surface area (Å²) in [7, 11) is 1.74. The van der Waals surface area contributed by atoms with Gasteiger partial charge in [-0.15, -0.1) is 0 Å². The van der Waals surface area contributed by atoms with E-state index >= 15 is 0 Å². The lowest BCUT2D eigenvalue weighted by atomic mass is 10.1. The molecule has 0 aliphatic rings. The Labute approximate surface area is 94.0 Å². The highest BCUT2D eigenvalue weighted by Gasteiger charge is 2.24. The molecule has 1 rings (SSSR count). The maximum atomic E-state index is 11.7. The van der Waals surface area contributed by atoms with Crippen LogP contribution in [-0.4, -0.2) is 23.5 Å². The molecular formula is C10H14ClN3O. The van der Waals surface area contributed by atoms with Gasteiger partial charge in [-0.3, -0.25) is 4.79 Å². The molecule has 0 bridgehead atoms. The van der Waals surface area contributed by atoms with Crippen LogP contribution in [0.1, 0.15) is 13.8 Å². The molecule has 0 aliphatic heterocycles. The zero-order chi connectivity index (χ0) is 11.5. The van der Waals surface area contributed by atoms with Crippen LogP contribution in [0.3, 0.4) is 0 Å². The molecule has 0 saturated carbocycles. The van der Waals surface area contributed by atoms with Crippen LogP contribution in [0.5, 0.6) is 0 Å². The van der Waals surface area contributed by atoms with Gasteiger partial charge in [-0.05, 0) is 33.0 Å². The van der Waals surface area contributed by atoms with Crippen molar-refractivity contribution < 1.29 is 4.79 Å². The number of hydrogen-bond acceptors (Lipinski definition) is 3. The van der Waals surface area contributed by atoms with Gasteiger partial charge in [-0.2, -0.15) is 0 Å². The molecule has 0 spiro atoms. The van der Waals surface area contributed by atoms with Crippen LogP contribution in [0.4, 0.5) is 5.69 Å². The van der Waals surface area contributed by atoms with Gasteiger partial charge < -0.3 is 10.6 Å². The number of likely N-dealkylation sites (N-methyl/N-ethyl adjacent to an activating group) is 1. The number of carbonyl (C=O) groups is 1. The van der Waals surface area contributed by atoms with E-state index in [-0.39, 0.29) is 5.91 Å². The highest BCUT2D eigenvalue weighted by molar-refractivity contribution is 6.29. The third-order valence-electron chi connectivity index (χ3n) is 2.18. The van der Waals surface area contributed by atoms with Gasteiger partial charge in [0.2, 0.25) is 5.91 Å². The summed E-state index contributed by atoms with van der Waals surface area (Å²) in [5.41, 5.74) is 0.0266. The molecule has 0 atom stereocenters. The van der Waals surface area contributed by atoms with Crippen molar-refractivity contribution in [1.82, 2.24) is 10.3 Å². The Balaban J connectivity index is 2.75. The van der Waals surface area contributed by atoms with E-state index in [1.54, 1.807) is 39.2 Å². The zero-order valence-corrected chi connectivity index (χ0v) is 9.72. The monoisotopic (exact) mass is 227 g/mol. The highest BCUT2D eigenvalue weighted by Crippen LogP contribution is 2.13. The molecule has 15 heavy (non-hydrogen) atoms. The molecular weight excluding hydrogens is 214 g/mol. The molecule has 1 amide bonds.